The van der Waals surface area contributed by atoms with E-state index < -0.39 is 27.3 Å². The number of nitrogens with zero attached hydrogens (tertiary/aromatic N) is 4. The fraction of sp³-hybridized carbons (Fsp3) is 0.357. The van der Waals surface area contributed by atoms with Gasteiger partial charge in [0.05, 0.1) is 4.90 Å². The largest absolute Gasteiger partial charge is 0.436 e. The van der Waals surface area contributed by atoms with E-state index >= 15 is 0 Å². The van der Waals surface area contributed by atoms with Crippen molar-refractivity contribution in [3.05, 3.63) is 29.6 Å². The van der Waals surface area contributed by atoms with E-state index in [2.05, 4.69) is 10.1 Å². The molecule has 0 unspecified atom stereocenters. The second-order valence-corrected chi connectivity index (χ2v) is 8.12. The number of nitriles is 1. The van der Waals surface area contributed by atoms with Crippen molar-refractivity contribution in [3.8, 4) is 11.9 Å². The van der Waals surface area contributed by atoms with E-state index in [0.717, 1.165) is 28.9 Å². The van der Waals surface area contributed by atoms with E-state index in [1.807, 2.05) is 6.92 Å². The monoisotopic (exact) mass is 390 g/mol. The first kappa shape index (κ1) is 19.3. The molecule has 0 fully saturated rings. The first-order chi connectivity index (χ1) is 11.6. The minimum absolute atomic E-state index is 0.00185. The van der Waals surface area contributed by atoms with Gasteiger partial charge < -0.3 is 0 Å². The van der Waals surface area contributed by atoms with E-state index in [-0.39, 0.29) is 15.7 Å². The lowest BCUT2D eigenvalue weighted by Crippen LogP contribution is -2.09. The summed E-state index contributed by atoms with van der Waals surface area (Å²) in [7, 11) is -3.49. The van der Waals surface area contributed by atoms with Crippen LogP contribution in [0.5, 0.6) is 0 Å². The van der Waals surface area contributed by atoms with E-state index in [0.29, 0.717) is 12.2 Å². The molecule has 2 aromatic rings. The van der Waals surface area contributed by atoms with Crippen LogP contribution in [0.15, 0.2) is 28.3 Å². The Morgan fingerprint density at radius 1 is 1.36 bits per heavy atom. The average molecular weight is 390 g/mol. The molecule has 0 spiro atoms. The lowest BCUT2D eigenvalue weighted by atomic mass is 10.2. The molecule has 134 valence electrons. The number of alkyl halides is 3. The summed E-state index contributed by atoms with van der Waals surface area (Å²) in [5, 5.41) is 12.7. The van der Waals surface area contributed by atoms with Gasteiger partial charge in [0.2, 0.25) is 0 Å². The van der Waals surface area contributed by atoms with Crippen LogP contribution in [0.2, 0.25) is 0 Å². The molecule has 0 atom stereocenters. The Balaban J connectivity index is 2.63. The van der Waals surface area contributed by atoms with Crippen LogP contribution < -0.4 is 0 Å². The standard InChI is InChI=1S/C14H13F3N4O2S2/c1-3-6-24-13-10(7-18)12(14(15,16)17)20-21(13)11-5-4-9(8-19-11)25(2,22)23/h4-5,8H,3,6H2,1-2H3. The predicted octanol–water partition coefficient (Wildman–Crippen LogP) is 3.06. The quantitative estimate of drug-likeness (QED) is 0.729. The van der Waals surface area contributed by atoms with E-state index in [9.17, 15) is 21.6 Å². The molecule has 0 bridgehead atoms. The van der Waals surface area contributed by atoms with Crippen molar-refractivity contribution in [2.75, 3.05) is 12.0 Å². The van der Waals surface area contributed by atoms with Crippen molar-refractivity contribution in [2.45, 2.75) is 29.4 Å². The lowest BCUT2D eigenvalue weighted by molar-refractivity contribution is -0.141. The predicted molar refractivity (Wildman–Crippen MR) is 85.2 cm³/mol. The molecule has 0 radical (unpaired) electrons. The molecule has 0 aliphatic rings. The highest BCUT2D eigenvalue weighted by Crippen LogP contribution is 2.36. The first-order valence-corrected chi connectivity index (χ1v) is 9.87. The van der Waals surface area contributed by atoms with Gasteiger partial charge in [-0.05, 0) is 24.3 Å². The molecule has 0 aromatic carbocycles. The highest BCUT2D eigenvalue weighted by molar-refractivity contribution is 7.99. The van der Waals surface area contributed by atoms with Crippen LogP contribution in [-0.2, 0) is 16.0 Å². The summed E-state index contributed by atoms with van der Waals surface area (Å²) in [6, 6.07) is 4.04. The maximum atomic E-state index is 13.2. The number of sulfone groups is 1. The zero-order valence-electron chi connectivity index (χ0n) is 13.2. The molecule has 2 aromatic heterocycles. The van der Waals surface area contributed by atoms with Gasteiger partial charge in [0, 0.05) is 12.5 Å². The second-order valence-electron chi connectivity index (χ2n) is 5.02. The summed E-state index contributed by atoms with van der Waals surface area (Å²) < 4.78 is 63.3. The molecule has 25 heavy (non-hydrogen) atoms. The topological polar surface area (TPSA) is 88.6 Å². The van der Waals surface area contributed by atoms with Gasteiger partial charge in [-0.2, -0.15) is 23.5 Å². The summed E-state index contributed by atoms with van der Waals surface area (Å²) in [5.74, 6) is 0.483. The van der Waals surface area contributed by atoms with Gasteiger partial charge in [-0.3, -0.25) is 0 Å². The third-order valence-corrected chi connectivity index (χ3v) is 5.39. The van der Waals surface area contributed by atoms with Crippen molar-refractivity contribution < 1.29 is 21.6 Å². The smallest absolute Gasteiger partial charge is 0.236 e. The van der Waals surface area contributed by atoms with E-state index in [1.165, 1.54) is 12.1 Å². The fourth-order valence-corrected chi connectivity index (χ4v) is 3.41. The summed E-state index contributed by atoms with van der Waals surface area (Å²) in [6.07, 6.45) is -2.07. The maximum absolute atomic E-state index is 13.2. The second kappa shape index (κ2) is 7.05. The molecule has 2 rings (SSSR count). The van der Waals surface area contributed by atoms with Crippen molar-refractivity contribution in [1.29, 1.82) is 5.26 Å². The number of hydrogen-bond donors (Lipinski definition) is 0. The third kappa shape index (κ3) is 4.13. The normalized spacial score (nSPS) is 12.2. The molecule has 0 saturated carbocycles. The number of rotatable bonds is 5. The first-order valence-electron chi connectivity index (χ1n) is 6.99. The van der Waals surface area contributed by atoms with E-state index in [1.54, 1.807) is 6.07 Å². The molecule has 2 heterocycles. The minimum atomic E-state index is -4.79. The molecular weight excluding hydrogens is 377 g/mol. The Morgan fingerprint density at radius 2 is 2.04 bits per heavy atom. The van der Waals surface area contributed by atoms with Crippen LogP contribution in [0, 0.1) is 11.3 Å². The number of aromatic nitrogens is 3. The van der Waals surface area contributed by atoms with Crippen molar-refractivity contribution in [2.24, 2.45) is 0 Å². The van der Waals surface area contributed by atoms with Crippen molar-refractivity contribution in [3.63, 3.8) is 0 Å². The van der Waals surface area contributed by atoms with Gasteiger partial charge in [-0.25, -0.2) is 18.1 Å². The summed E-state index contributed by atoms with van der Waals surface area (Å²) in [4.78, 5) is 3.82. The number of pyridine rings is 1. The number of thioether (sulfide) groups is 1. The Bertz CT molecular complexity index is 913. The Labute approximate surface area is 146 Å². The molecule has 0 saturated heterocycles. The molecule has 0 amide bonds. The van der Waals surface area contributed by atoms with Crippen LogP contribution in [0.25, 0.3) is 5.82 Å². The molecule has 0 N–H and O–H groups in total. The van der Waals surface area contributed by atoms with Crippen molar-refractivity contribution in [1.82, 2.24) is 14.8 Å². The van der Waals surface area contributed by atoms with Crippen LogP contribution >= 0.6 is 11.8 Å². The third-order valence-electron chi connectivity index (χ3n) is 3.03. The van der Waals surface area contributed by atoms with Crippen LogP contribution in [0.4, 0.5) is 13.2 Å². The van der Waals surface area contributed by atoms with Crippen molar-refractivity contribution >= 4 is 21.6 Å². The Kier molecular flexibility index (Phi) is 5.43. The molecule has 0 aliphatic carbocycles. The fourth-order valence-electron chi connectivity index (χ4n) is 1.91. The highest BCUT2D eigenvalue weighted by atomic mass is 32.2. The molecular formula is C14H13F3N4O2S2. The van der Waals surface area contributed by atoms with Crippen LogP contribution in [-0.4, -0.2) is 35.2 Å². The minimum Gasteiger partial charge on any atom is -0.236 e. The molecule has 6 nitrogen and oxygen atoms in total. The average Bonchev–Trinajstić information content (AvgIpc) is 2.90. The van der Waals surface area contributed by atoms with Crippen LogP contribution in [0.3, 0.4) is 0 Å². The van der Waals surface area contributed by atoms with E-state index in [4.69, 9.17) is 5.26 Å². The lowest BCUT2D eigenvalue weighted by Gasteiger charge is -2.06. The van der Waals surface area contributed by atoms with Gasteiger partial charge in [-0.1, -0.05) is 6.92 Å². The zero-order chi connectivity index (χ0) is 18.8. The molecule has 0 aliphatic heterocycles. The number of hydrogen-bond acceptors (Lipinski definition) is 6. The number of halogens is 3. The molecule has 11 heteroatoms. The Hall–Kier alpha value is -2.06. The van der Waals surface area contributed by atoms with Gasteiger partial charge in [0.25, 0.3) is 0 Å². The highest BCUT2D eigenvalue weighted by Gasteiger charge is 2.40. The summed E-state index contributed by atoms with van der Waals surface area (Å²) in [5.41, 5.74) is -1.86. The van der Waals surface area contributed by atoms with Gasteiger partial charge in [-0.15, -0.1) is 11.8 Å². The zero-order valence-corrected chi connectivity index (χ0v) is 14.8. The van der Waals surface area contributed by atoms with Gasteiger partial charge in [0.15, 0.2) is 21.3 Å². The maximum Gasteiger partial charge on any atom is 0.436 e. The SMILES string of the molecule is CCCSc1c(C#N)c(C(F)(F)F)nn1-c1ccc(S(C)(=O)=O)cn1. The van der Waals surface area contributed by atoms with Gasteiger partial charge >= 0.3 is 6.18 Å². The van der Waals surface area contributed by atoms with Crippen LogP contribution in [0.1, 0.15) is 24.6 Å². The summed E-state index contributed by atoms with van der Waals surface area (Å²) >= 11 is 1.06. The summed E-state index contributed by atoms with van der Waals surface area (Å²) in [6.45, 7) is 1.85. The van der Waals surface area contributed by atoms with Gasteiger partial charge in [0.1, 0.15) is 16.7 Å². The Morgan fingerprint density at radius 3 is 2.48 bits per heavy atom.